The molecule has 2 N–H and O–H groups in total. The van der Waals surface area contributed by atoms with E-state index in [9.17, 15) is 16.8 Å². The van der Waals surface area contributed by atoms with Gasteiger partial charge in [0.1, 0.15) is 0 Å². The van der Waals surface area contributed by atoms with Crippen molar-refractivity contribution in [3.05, 3.63) is 59.2 Å². The minimum atomic E-state index is -3.83. The Morgan fingerprint density at radius 2 is 1.64 bits per heavy atom. The molecule has 0 saturated carbocycles. The lowest BCUT2D eigenvalue weighted by molar-refractivity contribution is 0.554. The fraction of sp³-hybridized carbons (Fsp3) is 0.294. The molecule has 0 radical (unpaired) electrons. The second kappa shape index (κ2) is 6.53. The van der Waals surface area contributed by atoms with Crippen molar-refractivity contribution in [2.45, 2.75) is 35.6 Å². The number of benzene rings is 2. The van der Waals surface area contributed by atoms with Crippen LogP contribution in [0.2, 0.25) is 0 Å². The number of rotatable bonds is 5. The van der Waals surface area contributed by atoms with E-state index in [-0.39, 0.29) is 15.8 Å². The normalized spacial score (nSPS) is 17.4. The van der Waals surface area contributed by atoms with Gasteiger partial charge in [0.05, 0.1) is 9.79 Å². The van der Waals surface area contributed by atoms with E-state index in [2.05, 4.69) is 15.5 Å². The van der Waals surface area contributed by atoms with Gasteiger partial charge in [-0.3, -0.25) is 0 Å². The second-order valence-electron chi connectivity index (χ2n) is 6.10. The molecule has 1 aliphatic carbocycles. The predicted octanol–water partition coefficient (Wildman–Crippen LogP) is 1.87. The summed E-state index contributed by atoms with van der Waals surface area (Å²) in [5.74, 6) is 0. The number of aryl methyl sites for hydroxylation is 2. The minimum Gasteiger partial charge on any atom is -0.214 e. The molecule has 134 valence electrons. The maximum Gasteiger partial charge on any atom is 0.241 e. The number of nitrogens with one attached hydrogen (secondary N) is 2. The van der Waals surface area contributed by atoms with Gasteiger partial charge in [-0.15, -0.1) is 0 Å². The molecule has 1 unspecified atom stereocenters. The van der Waals surface area contributed by atoms with Gasteiger partial charge in [-0.05, 0) is 56.1 Å². The van der Waals surface area contributed by atoms with Crippen LogP contribution in [0.15, 0.2) is 52.3 Å². The third-order valence-electron chi connectivity index (χ3n) is 4.37. The van der Waals surface area contributed by atoms with E-state index in [1.165, 1.54) is 31.3 Å². The lowest BCUT2D eigenvalue weighted by Crippen LogP contribution is -2.27. The highest BCUT2D eigenvalue weighted by Gasteiger charge is 2.28. The van der Waals surface area contributed by atoms with Gasteiger partial charge in [0.2, 0.25) is 20.0 Å². The van der Waals surface area contributed by atoms with Crippen molar-refractivity contribution in [2.24, 2.45) is 0 Å². The predicted molar refractivity (Wildman–Crippen MR) is 95.3 cm³/mol. The molecule has 0 aliphatic heterocycles. The quantitative estimate of drug-likeness (QED) is 0.828. The van der Waals surface area contributed by atoms with Gasteiger partial charge in [0.25, 0.3) is 0 Å². The molecule has 2 aromatic carbocycles. The van der Waals surface area contributed by atoms with Crippen LogP contribution in [-0.4, -0.2) is 23.9 Å². The first-order chi connectivity index (χ1) is 11.7. The standard InChI is InChI=1S/C17H20N2O4S2/c1-12-6-8-16-13(10-12)7-9-17(16)19-25(22,23)15-5-3-4-14(11-15)24(20,21)18-2/h3-6,8,10-11,17-19H,7,9H2,1-2H3. The SMILES string of the molecule is CNS(=O)(=O)c1cccc(S(=O)(=O)NC2CCc3cc(C)ccc32)c1. The molecule has 0 amide bonds. The van der Waals surface area contributed by atoms with E-state index in [1.54, 1.807) is 0 Å². The highest BCUT2D eigenvalue weighted by molar-refractivity contribution is 7.90. The fourth-order valence-electron chi connectivity index (χ4n) is 3.05. The van der Waals surface area contributed by atoms with Crippen molar-refractivity contribution < 1.29 is 16.8 Å². The Labute approximate surface area is 148 Å². The van der Waals surface area contributed by atoms with Crippen molar-refractivity contribution in [3.63, 3.8) is 0 Å². The second-order valence-corrected chi connectivity index (χ2v) is 9.70. The molecule has 1 aliphatic rings. The van der Waals surface area contributed by atoms with Crippen LogP contribution in [0.3, 0.4) is 0 Å². The number of hydrogen-bond donors (Lipinski definition) is 2. The lowest BCUT2D eigenvalue weighted by atomic mass is 10.1. The molecule has 2 aromatic rings. The van der Waals surface area contributed by atoms with Crippen LogP contribution in [0.1, 0.15) is 29.2 Å². The van der Waals surface area contributed by atoms with E-state index < -0.39 is 20.0 Å². The van der Waals surface area contributed by atoms with E-state index in [1.807, 2.05) is 19.1 Å². The third-order valence-corrected chi connectivity index (χ3v) is 7.25. The average molecular weight is 380 g/mol. The van der Waals surface area contributed by atoms with Crippen LogP contribution in [0.25, 0.3) is 0 Å². The van der Waals surface area contributed by atoms with E-state index in [4.69, 9.17) is 0 Å². The zero-order valence-electron chi connectivity index (χ0n) is 14.0. The van der Waals surface area contributed by atoms with Crippen LogP contribution < -0.4 is 9.44 Å². The first-order valence-electron chi connectivity index (χ1n) is 7.88. The van der Waals surface area contributed by atoms with Crippen LogP contribution in [0.4, 0.5) is 0 Å². The molecule has 6 nitrogen and oxygen atoms in total. The van der Waals surface area contributed by atoms with Gasteiger partial charge in [-0.1, -0.05) is 29.8 Å². The zero-order valence-corrected chi connectivity index (χ0v) is 15.6. The maximum atomic E-state index is 12.7. The Balaban J connectivity index is 1.91. The van der Waals surface area contributed by atoms with Gasteiger partial charge in [-0.2, -0.15) is 0 Å². The lowest BCUT2D eigenvalue weighted by Gasteiger charge is -2.15. The summed E-state index contributed by atoms with van der Waals surface area (Å²) in [4.78, 5) is -0.148. The average Bonchev–Trinajstić information content (AvgIpc) is 2.96. The number of sulfonamides is 2. The van der Waals surface area contributed by atoms with Crippen LogP contribution >= 0.6 is 0 Å². The molecule has 0 bridgehead atoms. The zero-order chi connectivity index (χ0) is 18.2. The maximum absolute atomic E-state index is 12.7. The first kappa shape index (κ1) is 18.1. The first-order valence-corrected chi connectivity index (χ1v) is 10.8. The summed E-state index contributed by atoms with van der Waals surface area (Å²) in [6.07, 6.45) is 1.50. The van der Waals surface area contributed by atoms with Gasteiger partial charge < -0.3 is 0 Å². The van der Waals surface area contributed by atoms with Gasteiger partial charge in [0, 0.05) is 6.04 Å². The molecule has 1 atom stereocenters. The molecule has 3 rings (SSSR count). The summed E-state index contributed by atoms with van der Waals surface area (Å²) >= 11 is 0. The molecule has 0 heterocycles. The largest absolute Gasteiger partial charge is 0.241 e. The van der Waals surface area contributed by atoms with E-state index in [0.29, 0.717) is 6.42 Å². The highest BCUT2D eigenvalue weighted by atomic mass is 32.2. The van der Waals surface area contributed by atoms with Crippen LogP contribution in [0, 0.1) is 6.92 Å². The van der Waals surface area contributed by atoms with Crippen molar-refractivity contribution in [3.8, 4) is 0 Å². The van der Waals surface area contributed by atoms with E-state index in [0.717, 1.165) is 23.1 Å². The third kappa shape index (κ3) is 3.62. The summed E-state index contributed by atoms with van der Waals surface area (Å²) in [7, 11) is -6.25. The summed E-state index contributed by atoms with van der Waals surface area (Å²) in [6, 6.07) is 11.0. The van der Waals surface area contributed by atoms with Crippen molar-refractivity contribution >= 4 is 20.0 Å². The molecule has 0 aromatic heterocycles. The Hall–Kier alpha value is -1.74. The van der Waals surface area contributed by atoms with Gasteiger partial charge >= 0.3 is 0 Å². The Kier molecular flexibility index (Phi) is 4.72. The summed E-state index contributed by atoms with van der Waals surface area (Å²) in [5, 5.41) is 0. The highest BCUT2D eigenvalue weighted by Crippen LogP contribution is 2.33. The summed E-state index contributed by atoms with van der Waals surface area (Å²) in [5.41, 5.74) is 3.28. The molecule has 0 fully saturated rings. The topological polar surface area (TPSA) is 92.3 Å². The fourth-order valence-corrected chi connectivity index (χ4v) is 5.20. The van der Waals surface area contributed by atoms with Crippen molar-refractivity contribution in [1.29, 1.82) is 0 Å². The van der Waals surface area contributed by atoms with E-state index >= 15 is 0 Å². The monoisotopic (exact) mass is 380 g/mol. The Morgan fingerprint density at radius 1 is 0.960 bits per heavy atom. The van der Waals surface area contributed by atoms with Crippen molar-refractivity contribution in [1.82, 2.24) is 9.44 Å². The number of fused-ring (bicyclic) bond motifs is 1. The Morgan fingerprint density at radius 3 is 2.32 bits per heavy atom. The molecular weight excluding hydrogens is 360 g/mol. The molecule has 0 saturated heterocycles. The minimum absolute atomic E-state index is 0.0654. The van der Waals surface area contributed by atoms with Crippen LogP contribution in [0.5, 0.6) is 0 Å². The Bertz CT molecular complexity index is 1010. The van der Waals surface area contributed by atoms with Crippen LogP contribution in [-0.2, 0) is 26.5 Å². The van der Waals surface area contributed by atoms with Gasteiger partial charge in [0.15, 0.2) is 0 Å². The molecule has 8 heteroatoms. The number of hydrogen-bond acceptors (Lipinski definition) is 4. The smallest absolute Gasteiger partial charge is 0.214 e. The summed E-state index contributed by atoms with van der Waals surface area (Å²) < 4.78 is 54.1. The molecular formula is C17H20N2O4S2. The summed E-state index contributed by atoms with van der Waals surface area (Å²) in [6.45, 7) is 2.01. The molecule has 25 heavy (non-hydrogen) atoms. The molecule has 0 spiro atoms. The van der Waals surface area contributed by atoms with Crippen molar-refractivity contribution in [2.75, 3.05) is 7.05 Å². The van der Waals surface area contributed by atoms with Gasteiger partial charge in [-0.25, -0.2) is 26.3 Å².